The van der Waals surface area contributed by atoms with Gasteiger partial charge in [-0.3, -0.25) is 0 Å². The van der Waals surface area contributed by atoms with E-state index in [1.807, 2.05) is 26.0 Å². The van der Waals surface area contributed by atoms with Crippen molar-refractivity contribution in [1.82, 2.24) is 5.32 Å². The number of hydrogen-bond acceptors (Lipinski definition) is 3. The predicted molar refractivity (Wildman–Crippen MR) is 80.5 cm³/mol. The molecule has 0 spiro atoms. The Morgan fingerprint density at radius 1 is 1.05 bits per heavy atom. The molecule has 0 aliphatic carbocycles. The van der Waals surface area contributed by atoms with Gasteiger partial charge in [-0.2, -0.15) is 0 Å². The molecule has 19 heavy (non-hydrogen) atoms. The molecule has 0 saturated heterocycles. The van der Waals surface area contributed by atoms with Gasteiger partial charge < -0.3 is 14.8 Å². The van der Waals surface area contributed by atoms with Crippen molar-refractivity contribution in [3.05, 3.63) is 22.7 Å². The zero-order valence-corrected chi connectivity index (χ0v) is 13.0. The molecule has 0 bridgehead atoms. The van der Waals surface area contributed by atoms with E-state index in [0.717, 1.165) is 29.3 Å². The van der Waals surface area contributed by atoms with Crippen LogP contribution in [0, 0.1) is 0 Å². The maximum absolute atomic E-state index is 6.37. The van der Waals surface area contributed by atoms with Gasteiger partial charge >= 0.3 is 0 Å². The molecule has 1 unspecified atom stereocenters. The Bertz CT molecular complexity index is 396. The van der Waals surface area contributed by atoms with Gasteiger partial charge in [-0.25, -0.2) is 0 Å². The average Bonchev–Trinajstić information content (AvgIpc) is 2.40. The Morgan fingerprint density at radius 3 is 2.11 bits per heavy atom. The number of rotatable bonds is 8. The largest absolute Gasteiger partial charge is 0.490 e. The molecule has 0 amide bonds. The van der Waals surface area contributed by atoms with Crippen molar-refractivity contribution < 1.29 is 9.47 Å². The van der Waals surface area contributed by atoms with Crippen molar-refractivity contribution in [2.24, 2.45) is 0 Å². The van der Waals surface area contributed by atoms with Crippen LogP contribution in [0.1, 0.15) is 45.7 Å². The van der Waals surface area contributed by atoms with Crippen LogP contribution in [-0.4, -0.2) is 19.8 Å². The zero-order chi connectivity index (χ0) is 14.3. The van der Waals surface area contributed by atoms with Crippen LogP contribution >= 0.6 is 11.6 Å². The number of halogens is 1. The standard InChI is InChI=1S/C15H24ClNO2/c1-5-13(17-6-2)11-9-14(18-7-3)15(19-8-4)10-12(11)16/h9-10,13,17H,5-8H2,1-4H3. The summed E-state index contributed by atoms with van der Waals surface area (Å²) < 4.78 is 11.2. The first-order valence-electron chi connectivity index (χ1n) is 7.00. The van der Waals surface area contributed by atoms with E-state index in [4.69, 9.17) is 21.1 Å². The average molecular weight is 286 g/mol. The minimum absolute atomic E-state index is 0.243. The number of benzene rings is 1. The van der Waals surface area contributed by atoms with Gasteiger partial charge in [0.05, 0.1) is 13.2 Å². The second-order valence-electron chi connectivity index (χ2n) is 4.20. The molecule has 0 saturated carbocycles. The monoisotopic (exact) mass is 285 g/mol. The molecule has 1 aromatic carbocycles. The van der Waals surface area contributed by atoms with E-state index >= 15 is 0 Å². The molecule has 0 fully saturated rings. The van der Waals surface area contributed by atoms with Gasteiger partial charge in [-0.05, 0) is 38.4 Å². The van der Waals surface area contributed by atoms with Crippen LogP contribution in [0.2, 0.25) is 5.02 Å². The molecule has 0 aliphatic rings. The molecule has 108 valence electrons. The lowest BCUT2D eigenvalue weighted by atomic mass is 10.0. The van der Waals surface area contributed by atoms with E-state index in [-0.39, 0.29) is 6.04 Å². The second kappa shape index (κ2) is 8.28. The Morgan fingerprint density at radius 2 is 1.63 bits per heavy atom. The maximum Gasteiger partial charge on any atom is 0.162 e. The van der Waals surface area contributed by atoms with Gasteiger partial charge in [-0.15, -0.1) is 0 Å². The molecule has 0 aliphatic heterocycles. The van der Waals surface area contributed by atoms with Crippen LogP contribution in [0.3, 0.4) is 0 Å². The van der Waals surface area contributed by atoms with Crippen molar-refractivity contribution in [1.29, 1.82) is 0 Å². The predicted octanol–water partition coefficient (Wildman–Crippen LogP) is 4.20. The summed E-state index contributed by atoms with van der Waals surface area (Å²) >= 11 is 6.37. The van der Waals surface area contributed by atoms with Crippen molar-refractivity contribution in [3.63, 3.8) is 0 Å². The molecule has 1 N–H and O–H groups in total. The minimum Gasteiger partial charge on any atom is -0.490 e. The van der Waals surface area contributed by atoms with Gasteiger partial charge in [0.1, 0.15) is 0 Å². The molecular weight excluding hydrogens is 262 g/mol. The molecule has 3 nitrogen and oxygen atoms in total. The van der Waals surface area contributed by atoms with E-state index in [9.17, 15) is 0 Å². The van der Waals surface area contributed by atoms with Crippen molar-refractivity contribution >= 4 is 11.6 Å². The van der Waals surface area contributed by atoms with Crippen molar-refractivity contribution in [3.8, 4) is 11.5 Å². The molecule has 0 radical (unpaired) electrons. The van der Waals surface area contributed by atoms with Gasteiger partial charge in [0.2, 0.25) is 0 Å². The van der Waals surface area contributed by atoms with Crippen LogP contribution in [-0.2, 0) is 0 Å². The number of ether oxygens (including phenoxy) is 2. The first kappa shape index (κ1) is 16.1. The van der Waals surface area contributed by atoms with E-state index in [1.54, 1.807) is 0 Å². The fourth-order valence-electron chi connectivity index (χ4n) is 2.08. The van der Waals surface area contributed by atoms with Crippen LogP contribution in [0.5, 0.6) is 11.5 Å². The fourth-order valence-corrected chi connectivity index (χ4v) is 2.36. The first-order valence-corrected chi connectivity index (χ1v) is 7.37. The highest BCUT2D eigenvalue weighted by molar-refractivity contribution is 6.31. The molecule has 0 heterocycles. The summed E-state index contributed by atoms with van der Waals surface area (Å²) in [7, 11) is 0. The molecule has 0 aromatic heterocycles. The summed E-state index contributed by atoms with van der Waals surface area (Å²) in [6.45, 7) is 10.3. The summed E-state index contributed by atoms with van der Waals surface area (Å²) in [5.74, 6) is 1.48. The normalized spacial score (nSPS) is 12.3. The molecule has 1 atom stereocenters. The summed E-state index contributed by atoms with van der Waals surface area (Å²) in [5, 5.41) is 4.15. The Kier molecular flexibility index (Phi) is 7.03. The summed E-state index contributed by atoms with van der Waals surface area (Å²) in [6.07, 6.45) is 0.979. The van der Waals surface area contributed by atoms with E-state index in [0.29, 0.717) is 19.0 Å². The van der Waals surface area contributed by atoms with Crippen molar-refractivity contribution in [2.75, 3.05) is 19.8 Å². The third-order valence-corrected chi connectivity index (χ3v) is 3.22. The van der Waals surface area contributed by atoms with Gasteiger partial charge in [-0.1, -0.05) is 25.4 Å². The minimum atomic E-state index is 0.243. The summed E-state index contributed by atoms with van der Waals surface area (Å²) in [6, 6.07) is 4.09. The highest BCUT2D eigenvalue weighted by atomic mass is 35.5. The topological polar surface area (TPSA) is 30.5 Å². The Labute approximate surface area is 121 Å². The van der Waals surface area contributed by atoms with Crippen LogP contribution in [0.4, 0.5) is 0 Å². The van der Waals surface area contributed by atoms with Gasteiger partial charge in [0.15, 0.2) is 11.5 Å². The fraction of sp³-hybridized carbons (Fsp3) is 0.600. The summed E-state index contributed by atoms with van der Waals surface area (Å²) in [5.41, 5.74) is 1.07. The van der Waals surface area contributed by atoms with E-state index in [2.05, 4.69) is 19.2 Å². The first-order chi connectivity index (χ1) is 9.17. The lowest BCUT2D eigenvalue weighted by molar-refractivity contribution is 0.287. The third-order valence-electron chi connectivity index (χ3n) is 2.90. The highest BCUT2D eigenvalue weighted by Crippen LogP contribution is 2.37. The molecule has 4 heteroatoms. The smallest absolute Gasteiger partial charge is 0.162 e. The Hall–Kier alpha value is -0.930. The van der Waals surface area contributed by atoms with Crippen LogP contribution in [0.15, 0.2) is 12.1 Å². The third kappa shape index (κ3) is 4.29. The highest BCUT2D eigenvalue weighted by Gasteiger charge is 2.16. The van der Waals surface area contributed by atoms with Crippen LogP contribution < -0.4 is 14.8 Å². The maximum atomic E-state index is 6.37. The van der Waals surface area contributed by atoms with Crippen LogP contribution in [0.25, 0.3) is 0 Å². The SMILES string of the molecule is CCNC(CC)c1cc(OCC)c(OCC)cc1Cl. The lowest BCUT2D eigenvalue weighted by Gasteiger charge is -2.20. The molecular formula is C15H24ClNO2. The lowest BCUT2D eigenvalue weighted by Crippen LogP contribution is -2.20. The zero-order valence-electron chi connectivity index (χ0n) is 12.3. The van der Waals surface area contributed by atoms with E-state index in [1.165, 1.54) is 0 Å². The van der Waals surface area contributed by atoms with E-state index < -0.39 is 0 Å². The number of hydrogen-bond donors (Lipinski definition) is 1. The summed E-state index contributed by atoms with van der Waals surface area (Å²) in [4.78, 5) is 0. The van der Waals surface area contributed by atoms with Gasteiger partial charge in [0, 0.05) is 17.1 Å². The van der Waals surface area contributed by atoms with Gasteiger partial charge in [0.25, 0.3) is 0 Å². The Balaban J connectivity index is 3.14. The molecule has 1 aromatic rings. The molecule has 1 rings (SSSR count). The van der Waals surface area contributed by atoms with Crippen molar-refractivity contribution in [2.45, 2.75) is 40.2 Å². The number of nitrogens with one attached hydrogen (secondary N) is 1. The quantitative estimate of drug-likeness (QED) is 0.776. The second-order valence-corrected chi connectivity index (χ2v) is 4.61.